The first kappa shape index (κ1) is 15.1. The molecular weight excluding hydrogens is 298 g/mol. The monoisotopic (exact) mass is 317 g/mol. The topological polar surface area (TPSA) is 68.1 Å². The Morgan fingerprint density at radius 1 is 1.36 bits per heavy atom. The van der Waals surface area contributed by atoms with E-state index in [-0.39, 0.29) is 10.6 Å². The number of nitro benzene ring substituents is 1. The van der Waals surface area contributed by atoms with Crippen molar-refractivity contribution < 1.29 is 4.92 Å². The third-order valence-electron chi connectivity index (χ3n) is 4.17. The van der Waals surface area contributed by atoms with Gasteiger partial charge < -0.3 is 5.32 Å². The SMILES string of the molecule is CCSC1CCCC1Nc1ccc([N+](=O)[O-])c2cnccc12. The van der Waals surface area contributed by atoms with Crippen LogP contribution in [0.3, 0.4) is 0 Å². The number of hydrogen-bond acceptors (Lipinski definition) is 5. The highest BCUT2D eigenvalue weighted by Gasteiger charge is 2.27. The summed E-state index contributed by atoms with van der Waals surface area (Å²) in [6.07, 6.45) is 6.89. The van der Waals surface area contributed by atoms with E-state index in [0.29, 0.717) is 16.7 Å². The summed E-state index contributed by atoms with van der Waals surface area (Å²) in [5, 5.41) is 16.9. The van der Waals surface area contributed by atoms with Crippen LogP contribution in [0.25, 0.3) is 10.8 Å². The zero-order valence-corrected chi connectivity index (χ0v) is 13.3. The largest absolute Gasteiger partial charge is 0.381 e. The van der Waals surface area contributed by atoms with Crippen molar-refractivity contribution in [2.24, 2.45) is 0 Å². The fraction of sp³-hybridized carbons (Fsp3) is 0.438. The molecule has 2 unspecified atom stereocenters. The van der Waals surface area contributed by atoms with Gasteiger partial charge in [0.15, 0.2) is 0 Å². The second-order valence-electron chi connectivity index (χ2n) is 5.49. The van der Waals surface area contributed by atoms with Gasteiger partial charge in [-0.3, -0.25) is 15.1 Å². The molecule has 22 heavy (non-hydrogen) atoms. The zero-order chi connectivity index (χ0) is 15.5. The smallest absolute Gasteiger partial charge is 0.278 e. The molecule has 1 heterocycles. The molecule has 1 N–H and O–H groups in total. The third-order valence-corrected chi connectivity index (χ3v) is 5.49. The van der Waals surface area contributed by atoms with E-state index in [1.165, 1.54) is 12.8 Å². The van der Waals surface area contributed by atoms with Gasteiger partial charge in [0, 0.05) is 40.8 Å². The molecule has 2 aromatic rings. The van der Waals surface area contributed by atoms with Crippen molar-refractivity contribution in [1.29, 1.82) is 0 Å². The molecule has 5 nitrogen and oxygen atoms in total. The molecule has 1 aliphatic carbocycles. The number of pyridine rings is 1. The Balaban J connectivity index is 1.95. The number of thioether (sulfide) groups is 1. The summed E-state index contributed by atoms with van der Waals surface area (Å²) in [6.45, 7) is 2.19. The summed E-state index contributed by atoms with van der Waals surface area (Å²) in [5.74, 6) is 1.12. The van der Waals surface area contributed by atoms with E-state index in [9.17, 15) is 10.1 Å². The normalized spacial score (nSPS) is 21.1. The Hall–Kier alpha value is -1.82. The van der Waals surface area contributed by atoms with Crippen LogP contribution in [0.5, 0.6) is 0 Å². The molecule has 0 spiro atoms. The standard InChI is InChI=1S/C16H19N3O2S/c1-2-22-16-5-3-4-14(16)18-13-6-7-15(19(20)21)12-10-17-9-8-11(12)13/h6-10,14,16,18H,2-5H2,1H3. The van der Waals surface area contributed by atoms with Crippen LogP contribution < -0.4 is 5.32 Å². The number of non-ortho nitro benzene ring substituents is 1. The van der Waals surface area contributed by atoms with E-state index in [2.05, 4.69) is 17.2 Å². The second kappa shape index (κ2) is 6.52. The molecular formula is C16H19N3O2S. The molecule has 1 aliphatic rings. The van der Waals surface area contributed by atoms with Gasteiger partial charge in [-0.1, -0.05) is 13.3 Å². The first-order valence-electron chi connectivity index (χ1n) is 7.60. The lowest BCUT2D eigenvalue weighted by Gasteiger charge is -2.22. The number of anilines is 1. The van der Waals surface area contributed by atoms with Gasteiger partial charge in [-0.15, -0.1) is 0 Å². The predicted molar refractivity (Wildman–Crippen MR) is 91.6 cm³/mol. The molecule has 1 saturated carbocycles. The van der Waals surface area contributed by atoms with Crippen LogP contribution in [0.2, 0.25) is 0 Å². The van der Waals surface area contributed by atoms with Crippen molar-refractivity contribution in [3.63, 3.8) is 0 Å². The van der Waals surface area contributed by atoms with Crippen molar-refractivity contribution in [1.82, 2.24) is 4.98 Å². The fourth-order valence-corrected chi connectivity index (χ4v) is 4.36. The lowest BCUT2D eigenvalue weighted by atomic mass is 10.1. The van der Waals surface area contributed by atoms with Crippen molar-refractivity contribution in [2.75, 3.05) is 11.1 Å². The lowest BCUT2D eigenvalue weighted by Crippen LogP contribution is -2.26. The first-order valence-corrected chi connectivity index (χ1v) is 8.65. The summed E-state index contributed by atoms with van der Waals surface area (Å²) in [7, 11) is 0. The van der Waals surface area contributed by atoms with E-state index in [4.69, 9.17) is 0 Å². The average Bonchev–Trinajstić information content (AvgIpc) is 2.95. The summed E-state index contributed by atoms with van der Waals surface area (Å²) >= 11 is 2.00. The van der Waals surface area contributed by atoms with Gasteiger partial charge >= 0.3 is 0 Å². The Morgan fingerprint density at radius 3 is 3.00 bits per heavy atom. The highest BCUT2D eigenvalue weighted by atomic mass is 32.2. The summed E-state index contributed by atoms with van der Waals surface area (Å²) < 4.78 is 0. The molecule has 0 saturated heterocycles. The van der Waals surface area contributed by atoms with Crippen LogP contribution in [0.15, 0.2) is 30.6 Å². The van der Waals surface area contributed by atoms with E-state index in [1.54, 1.807) is 18.5 Å². The minimum atomic E-state index is -0.348. The molecule has 1 aromatic carbocycles. The maximum atomic E-state index is 11.2. The minimum Gasteiger partial charge on any atom is -0.381 e. The van der Waals surface area contributed by atoms with Crippen LogP contribution in [-0.2, 0) is 0 Å². The van der Waals surface area contributed by atoms with Crippen LogP contribution in [0.1, 0.15) is 26.2 Å². The number of nitrogens with one attached hydrogen (secondary N) is 1. The van der Waals surface area contributed by atoms with Gasteiger partial charge in [0.05, 0.1) is 10.3 Å². The second-order valence-corrected chi connectivity index (χ2v) is 7.00. The maximum absolute atomic E-state index is 11.2. The van der Waals surface area contributed by atoms with Gasteiger partial charge in [0.2, 0.25) is 0 Å². The molecule has 2 atom stereocenters. The molecule has 6 heteroatoms. The Bertz CT molecular complexity index is 692. The van der Waals surface area contributed by atoms with Crippen molar-refractivity contribution >= 4 is 33.9 Å². The minimum absolute atomic E-state index is 0.111. The molecule has 1 aromatic heterocycles. The van der Waals surface area contributed by atoms with Crippen molar-refractivity contribution in [3.05, 3.63) is 40.7 Å². The molecule has 1 fully saturated rings. The van der Waals surface area contributed by atoms with Crippen LogP contribution in [0.4, 0.5) is 11.4 Å². The van der Waals surface area contributed by atoms with E-state index < -0.39 is 0 Å². The van der Waals surface area contributed by atoms with Gasteiger partial charge in [-0.05, 0) is 30.7 Å². The highest BCUT2D eigenvalue weighted by Crippen LogP contribution is 2.35. The molecule has 3 rings (SSSR count). The van der Waals surface area contributed by atoms with Gasteiger partial charge in [-0.25, -0.2) is 0 Å². The number of nitrogens with zero attached hydrogens (tertiary/aromatic N) is 2. The van der Waals surface area contributed by atoms with Crippen LogP contribution in [0, 0.1) is 10.1 Å². The number of aromatic nitrogens is 1. The quantitative estimate of drug-likeness (QED) is 0.660. The van der Waals surface area contributed by atoms with Crippen LogP contribution in [-0.4, -0.2) is 27.0 Å². The summed E-state index contributed by atoms with van der Waals surface area (Å²) in [4.78, 5) is 14.9. The van der Waals surface area contributed by atoms with E-state index in [1.807, 2.05) is 23.9 Å². The molecule has 0 bridgehead atoms. The van der Waals surface area contributed by atoms with Gasteiger partial charge in [0.1, 0.15) is 0 Å². The molecule has 116 valence electrons. The van der Waals surface area contributed by atoms with Crippen molar-refractivity contribution in [2.45, 2.75) is 37.5 Å². The highest BCUT2D eigenvalue weighted by molar-refractivity contribution is 7.99. The number of fused-ring (bicyclic) bond motifs is 1. The summed E-state index contributed by atoms with van der Waals surface area (Å²) in [6, 6.07) is 5.68. The maximum Gasteiger partial charge on any atom is 0.278 e. The van der Waals surface area contributed by atoms with E-state index >= 15 is 0 Å². The first-order chi connectivity index (χ1) is 10.7. The van der Waals surface area contributed by atoms with Crippen molar-refractivity contribution in [3.8, 4) is 0 Å². The average molecular weight is 317 g/mol. The fourth-order valence-electron chi connectivity index (χ4n) is 3.16. The Morgan fingerprint density at radius 2 is 2.23 bits per heavy atom. The lowest BCUT2D eigenvalue weighted by molar-refractivity contribution is -0.383. The number of nitro groups is 1. The number of hydrogen-bond donors (Lipinski definition) is 1. The van der Waals surface area contributed by atoms with Crippen LogP contribution >= 0.6 is 11.8 Å². The van der Waals surface area contributed by atoms with Gasteiger partial charge in [-0.2, -0.15) is 11.8 Å². The number of rotatable bonds is 5. The number of benzene rings is 1. The third kappa shape index (κ3) is 2.88. The zero-order valence-electron chi connectivity index (χ0n) is 12.5. The molecule has 0 amide bonds. The van der Waals surface area contributed by atoms with E-state index in [0.717, 1.165) is 23.2 Å². The predicted octanol–water partition coefficient (Wildman–Crippen LogP) is 4.23. The Kier molecular flexibility index (Phi) is 4.47. The Labute approximate surface area is 133 Å². The molecule has 0 radical (unpaired) electrons. The molecule has 0 aliphatic heterocycles. The van der Waals surface area contributed by atoms with Gasteiger partial charge in [0.25, 0.3) is 5.69 Å². The summed E-state index contributed by atoms with van der Waals surface area (Å²) in [5.41, 5.74) is 1.08.